The van der Waals surface area contributed by atoms with Crippen LogP contribution in [-0.4, -0.2) is 11.0 Å². The number of anilines is 1. The first-order valence-electron chi connectivity index (χ1n) is 9.99. The Bertz CT molecular complexity index is 1270. The fourth-order valence-corrected chi connectivity index (χ4v) is 3.26. The van der Waals surface area contributed by atoms with E-state index in [1.165, 1.54) is 18.2 Å². The van der Waals surface area contributed by atoms with E-state index in [1.807, 2.05) is 0 Å². The molecule has 3 rings (SSSR count). The smallest absolute Gasteiger partial charge is 0.416 e. The SMILES string of the molecule is NC(=NO)c1ccc(OCc2ccc(F)cc2C(F)(F)F)c(NCc2ccc(F)cc2C(F)(F)F)c1. The summed E-state index contributed by atoms with van der Waals surface area (Å²) in [6.45, 7) is -1.16. The van der Waals surface area contributed by atoms with E-state index in [4.69, 9.17) is 15.7 Å². The summed E-state index contributed by atoms with van der Waals surface area (Å²) in [4.78, 5) is 0. The Hall–Kier alpha value is -4.03. The third kappa shape index (κ3) is 6.34. The van der Waals surface area contributed by atoms with Crippen molar-refractivity contribution < 1.29 is 45.1 Å². The molecule has 0 aliphatic rings. The van der Waals surface area contributed by atoms with Gasteiger partial charge in [0.2, 0.25) is 0 Å². The van der Waals surface area contributed by atoms with Gasteiger partial charge in [0.05, 0.1) is 16.8 Å². The van der Waals surface area contributed by atoms with Crippen LogP contribution in [0.1, 0.15) is 27.8 Å². The molecule has 0 amide bonds. The number of ether oxygens (including phenoxy) is 1. The third-order valence-corrected chi connectivity index (χ3v) is 4.99. The number of nitrogens with one attached hydrogen (secondary N) is 1. The summed E-state index contributed by atoms with van der Waals surface area (Å²) < 4.78 is 112. The van der Waals surface area contributed by atoms with Gasteiger partial charge in [0.25, 0.3) is 0 Å². The maximum absolute atomic E-state index is 13.4. The summed E-state index contributed by atoms with van der Waals surface area (Å²) in [6.07, 6.45) is -9.72. The molecule has 4 N–H and O–H groups in total. The van der Waals surface area contributed by atoms with Gasteiger partial charge in [0, 0.05) is 17.7 Å². The van der Waals surface area contributed by atoms with E-state index in [-0.39, 0.29) is 28.4 Å². The van der Waals surface area contributed by atoms with Gasteiger partial charge < -0.3 is 21.0 Å². The van der Waals surface area contributed by atoms with Crippen LogP contribution in [0.3, 0.4) is 0 Å². The zero-order valence-corrected chi connectivity index (χ0v) is 18.0. The van der Waals surface area contributed by atoms with Gasteiger partial charge in [0.15, 0.2) is 5.84 Å². The normalized spacial score (nSPS) is 12.5. The summed E-state index contributed by atoms with van der Waals surface area (Å²) in [6, 6.07) is 7.88. The predicted molar refractivity (Wildman–Crippen MR) is 113 cm³/mol. The summed E-state index contributed by atoms with van der Waals surface area (Å²) >= 11 is 0. The van der Waals surface area contributed by atoms with Crippen LogP contribution in [0.5, 0.6) is 5.75 Å². The Morgan fingerprint density at radius 2 is 1.39 bits per heavy atom. The number of alkyl halides is 6. The molecule has 0 atom stereocenters. The van der Waals surface area contributed by atoms with Gasteiger partial charge in [-0.05, 0) is 48.0 Å². The van der Waals surface area contributed by atoms with E-state index in [0.717, 1.165) is 24.3 Å². The molecule has 0 aliphatic heterocycles. The van der Waals surface area contributed by atoms with Crippen LogP contribution in [0.2, 0.25) is 0 Å². The average Bonchev–Trinajstić information content (AvgIpc) is 2.81. The first-order chi connectivity index (χ1) is 16.8. The van der Waals surface area contributed by atoms with Crippen molar-refractivity contribution in [2.24, 2.45) is 10.9 Å². The molecule has 0 bridgehead atoms. The Morgan fingerprint density at radius 1 is 0.833 bits per heavy atom. The van der Waals surface area contributed by atoms with Crippen LogP contribution in [-0.2, 0) is 25.5 Å². The summed E-state index contributed by atoms with van der Waals surface area (Å²) in [5.41, 5.74) is 2.42. The highest BCUT2D eigenvalue weighted by molar-refractivity contribution is 5.98. The van der Waals surface area contributed by atoms with Crippen molar-refractivity contribution in [3.05, 3.63) is 94.0 Å². The Kier molecular flexibility index (Phi) is 7.60. The second-order valence-corrected chi connectivity index (χ2v) is 7.44. The number of amidine groups is 1. The van der Waals surface area contributed by atoms with Gasteiger partial charge >= 0.3 is 12.4 Å². The monoisotopic (exact) mass is 519 g/mol. The minimum absolute atomic E-state index is 0.0211. The Balaban J connectivity index is 1.93. The zero-order valence-electron chi connectivity index (χ0n) is 18.0. The van der Waals surface area contributed by atoms with Gasteiger partial charge in [-0.1, -0.05) is 17.3 Å². The lowest BCUT2D eigenvalue weighted by Gasteiger charge is -2.18. The molecule has 3 aromatic rings. The molecule has 0 saturated heterocycles. The molecule has 0 aromatic heterocycles. The fourth-order valence-electron chi connectivity index (χ4n) is 3.26. The molecule has 3 aromatic carbocycles. The molecule has 5 nitrogen and oxygen atoms in total. The molecule has 36 heavy (non-hydrogen) atoms. The molecule has 0 fully saturated rings. The zero-order chi connectivity index (χ0) is 26.7. The Labute approximate surface area is 198 Å². The van der Waals surface area contributed by atoms with Crippen molar-refractivity contribution in [3.8, 4) is 5.75 Å². The van der Waals surface area contributed by atoms with Gasteiger partial charge in [-0.15, -0.1) is 0 Å². The maximum atomic E-state index is 13.4. The number of nitrogens with two attached hydrogens (primary N) is 1. The van der Waals surface area contributed by atoms with E-state index in [2.05, 4.69) is 10.5 Å². The highest BCUT2D eigenvalue weighted by Gasteiger charge is 2.35. The van der Waals surface area contributed by atoms with E-state index in [1.54, 1.807) is 0 Å². The minimum atomic E-state index is -4.87. The Morgan fingerprint density at radius 3 is 1.94 bits per heavy atom. The molecular formula is C23H17F8N3O2. The minimum Gasteiger partial charge on any atom is -0.487 e. The second kappa shape index (κ2) is 10.3. The van der Waals surface area contributed by atoms with E-state index >= 15 is 0 Å². The highest BCUT2D eigenvalue weighted by Crippen LogP contribution is 2.36. The van der Waals surface area contributed by atoms with Gasteiger partial charge in [-0.2, -0.15) is 26.3 Å². The second-order valence-electron chi connectivity index (χ2n) is 7.44. The van der Waals surface area contributed by atoms with Crippen LogP contribution in [0.15, 0.2) is 59.8 Å². The molecule has 0 aliphatic carbocycles. The molecule has 0 spiro atoms. The first kappa shape index (κ1) is 26.6. The van der Waals surface area contributed by atoms with Crippen LogP contribution >= 0.6 is 0 Å². The van der Waals surface area contributed by atoms with Gasteiger partial charge in [-0.3, -0.25) is 0 Å². The number of nitrogens with zero attached hydrogens (tertiary/aromatic N) is 1. The molecule has 13 heteroatoms. The summed E-state index contributed by atoms with van der Waals surface area (Å²) in [5.74, 6) is -2.65. The van der Waals surface area contributed by atoms with E-state index < -0.39 is 53.8 Å². The van der Waals surface area contributed by atoms with Crippen molar-refractivity contribution in [2.75, 3.05) is 5.32 Å². The third-order valence-electron chi connectivity index (χ3n) is 4.99. The maximum Gasteiger partial charge on any atom is 0.416 e. The number of rotatable bonds is 7. The molecule has 0 saturated carbocycles. The van der Waals surface area contributed by atoms with Crippen LogP contribution in [0.4, 0.5) is 40.8 Å². The lowest BCUT2D eigenvalue weighted by molar-refractivity contribution is -0.139. The van der Waals surface area contributed by atoms with Crippen molar-refractivity contribution in [1.82, 2.24) is 0 Å². The number of hydrogen-bond donors (Lipinski definition) is 3. The molecule has 0 radical (unpaired) electrons. The standard InChI is InChI=1S/C23H17F8N3O2/c24-15-4-1-13(17(8-15)22(26,27)28)10-33-19-7-12(21(32)34-35)3-6-20(19)36-11-14-2-5-16(25)9-18(14)23(29,30)31/h1-9,33,35H,10-11H2,(H2,32,34). The van der Waals surface area contributed by atoms with E-state index in [9.17, 15) is 35.1 Å². The average molecular weight is 519 g/mol. The number of hydrogen-bond acceptors (Lipinski definition) is 4. The first-order valence-corrected chi connectivity index (χ1v) is 9.99. The van der Waals surface area contributed by atoms with Crippen LogP contribution < -0.4 is 15.8 Å². The fraction of sp³-hybridized carbons (Fsp3) is 0.174. The lowest BCUT2D eigenvalue weighted by atomic mass is 10.1. The van der Waals surface area contributed by atoms with Crippen molar-refractivity contribution >= 4 is 11.5 Å². The molecule has 0 heterocycles. The van der Waals surface area contributed by atoms with Gasteiger partial charge in [0.1, 0.15) is 24.0 Å². The molecular weight excluding hydrogens is 502 g/mol. The van der Waals surface area contributed by atoms with Gasteiger partial charge in [-0.25, -0.2) is 8.78 Å². The quantitative estimate of drug-likeness (QED) is 0.113. The lowest BCUT2D eigenvalue weighted by Crippen LogP contribution is -2.15. The number of halogens is 8. The topological polar surface area (TPSA) is 79.9 Å². The van der Waals surface area contributed by atoms with Crippen LogP contribution in [0, 0.1) is 11.6 Å². The summed E-state index contributed by atoms with van der Waals surface area (Å²) in [5, 5.41) is 14.4. The number of benzene rings is 3. The molecule has 0 unspecified atom stereocenters. The van der Waals surface area contributed by atoms with Crippen molar-refractivity contribution in [2.45, 2.75) is 25.5 Å². The largest absolute Gasteiger partial charge is 0.487 e. The van der Waals surface area contributed by atoms with E-state index in [0.29, 0.717) is 12.1 Å². The predicted octanol–water partition coefficient (Wildman–Crippen LogP) is 6.29. The van der Waals surface area contributed by atoms with Crippen LogP contribution in [0.25, 0.3) is 0 Å². The van der Waals surface area contributed by atoms with Crippen molar-refractivity contribution in [1.29, 1.82) is 0 Å². The summed E-state index contributed by atoms with van der Waals surface area (Å²) in [7, 11) is 0. The highest BCUT2D eigenvalue weighted by atomic mass is 19.4. The van der Waals surface area contributed by atoms with Crippen molar-refractivity contribution in [3.63, 3.8) is 0 Å². The number of oxime groups is 1. The molecule has 192 valence electrons.